The van der Waals surface area contributed by atoms with Gasteiger partial charge in [0, 0.05) is 49.8 Å². The van der Waals surface area contributed by atoms with Crippen molar-refractivity contribution in [3.8, 4) is 0 Å². The van der Waals surface area contributed by atoms with Crippen molar-refractivity contribution < 1.29 is 18.7 Å². The van der Waals surface area contributed by atoms with Crippen LogP contribution in [0.2, 0.25) is 0 Å². The highest BCUT2D eigenvalue weighted by atomic mass is 32.1. The van der Waals surface area contributed by atoms with Crippen LogP contribution in [0.3, 0.4) is 0 Å². The quantitative estimate of drug-likeness (QED) is 0.419. The highest BCUT2D eigenvalue weighted by Crippen LogP contribution is 2.32. The van der Waals surface area contributed by atoms with Crippen LogP contribution >= 0.6 is 11.3 Å². The number of ether oxygens (including phenoxy) is 2. The molecule has 3 aromatic rings. The third-order valence-corrected chi connectivity index (χ3v) is 7.95. The first kappa shape index (κ1) is 25.7. The third kappa shape index (κ3) is 5.24. The molecule has 3 aromatic heterocycles. The molecule has 0 aromatic carbocycles. The Labute approximate surface area is 218 Å². The number of methoxy groups -OCH3 is 1. The molecule has 1 amide bonds. The first-order valence-electron chi connectivity index (χ1n) is 12.4. The fourth-order valence-electron chi connectivity index (χ4n) is 5.04. The molecule has 1 aliphatic heterocycles. The molecule has 1 saturated heterocycles. The summed E-state index contributed by atoms with van der Waals surface area (Å²) >= 11 is 1.22. The molecule has 4 heterocycles. The molecule has 0 spiro atoms. The molecule has 12 heteroatoms. The van der Waals surface area contributed by atoms with Gasteiger partial charge in [0.1, 0.15) is 26.9 Å². The van der Waals surface area contributed by atoms with Crippen molar-refractivity contribution >= 4 is 39.1 Å². The molecular formula is C25H32FN7O3S. The number of nitrogen functional groups attached to an aromatic ring is 1. The molecule has 10 nitrogen and oxygen atoms in total. The monoisotopic (exact) mass is 529 g/mol. The maximum Gasteiger partial charge on any atom is 0.263 e. The van der Waals surface area contributed by atoms with Crippen molar-refractivity contribution in [2.45, 2.75) is 57.4 Å². The predicted octanol–water partition coefficient (Wildman–Crippen LogP) is 1.97. The zero-order valence-electron chi connectivity index (χ0n) is 21.2. The van der Waals surface area contributed by atoms with Gasteiger partial charge >= 0.3 is 0 Å². The van der Waals surface area contributed by atoms with E-state index in [2.05, 4.69) is 15.3 Å². The molecule has 5 N–H and O–H groups in total. The average Bonchev–Trinajstić information content (AvgIpc) is 3.38. The number of hydrogen-bond acceptors (Lipinski definition) is 10. The number of amides is 1. The minimum atomic E-state index is -0.324. The number of aryl methyl sites for hydroxylation is 2. The van der Waals surface area contributed by atoms with Crippen molar-refractivity contribution in [3.05, 3.63) is 39.9 Å². The Morgan fingerprint density at radius 3 is 2.97 bits per heavy atom. The smallest absolute Gasteiger partial charge is 0.263 e. The largest absolute Gasteiger partial charge is 0.396 e. The molecule has 0 saturated carbocycles. The first-order chi connectivity index (χ1) is 17.7. The molecule has 1 aliphatic carbocycles. The lowest BCUT2D eigenvalue weighted by Crippen LogP contribution is -2.39. The molecule has 0 bridgehead atoms. The van der Waals surface area contributed by atoms with E-state index in [0.29, 0.717) is 71.3 Å². The van der Waals surface area contributed by atoms with Gasteiger partial charge in [0.15, 0.2) is 0 Å². The number of anilines is 2. The molecule has 4 unspecified atom stereocenters. The Morgan fingerprint density at radius 2 is 2.19 bits per heavy atom. The maximum atomic E-state index is 15.3. The van der Waals surface area contributed by atoms with Crippen molar-refractivity contribution in [2.24, 2.45) is 5.73 Å². The van der Waals surface area contributed by atoms with E-state index in [-0.39, 0.29) is 36.0 Å². The summed E-state index contributed by atoms with van der Waals surface area (Å²) in [6.07, 6.45) is 2.93. The van der Waals surface area contributed by atoms with E-state index in [4.69, 9.17) is 25.9 Å². The predicted molar refractivity (Wildman–Crippen MR) is 140 cm³/mol. The second-order valence-corrected chi connectivity index (χ2v) is 10.8. The molecule has 37 heavy (non-hydrogen) atoms. The summed E-state index contributed by atoms with van der Waals surface area (Å²) in [4.78, 5) is 29.5. The van der Waals surface area contributed by atoms with Crippen molar-refractivity contribution in [2.75, 3.05) is 37.4 Å². The minimum Gasteiger partial charge on any atom is -0.396 e. The van der Waals surface area contributed by atoms with Crippen LogP contribution in [0.4, 0.5) is 15.9 Å². The first-order valence-corrected chi connectivity index (χ1v) is 13.2. The average molecular weight is 530 g/mol. The number of nitrogens with two attached hydrogens (primary N) is 2. The van der Waals surface area contributed by atoms with Crippen LogP contribution in [0.5, 0.6) is 0 Å². The van der Waals surface area contributed by atoms with Gasteiger partial charge in [-0.3, -0.25) is 4.79 Å². The van der Waals surface area contributed by atoms with E-state index in [1.54, 1.807) is 13.3 Å². The van der Waals surface area contributed by atoms with Gasteiger partial charge in [0.25, 0.3) is 5.91 Å². The number of carbonyl (C=O) groups excluding carboxylic acids is 1. The van der Waals surface area contributed by atoms with Gasteiger partial charge in [-0.25, -0.2) is 19.3 Å². The number of halogens is 1. The molecule has 1 fully saturated rings. The van der Waals surface area contributed by atoms with Gasteiger partial charge in [-0.15, -0.1) is 11.3 Å². The molecular weight excluding hydrogens is 497 g/mol. The van der Waals surface area contributed by atoms with Crippen LogP contribution in [0.25, 0.3) is 10.3 Å². The Bertz CT molecular complexity index is 1320. The lowest BCUT2D eigenvalue weighted by Gasteiger charge is -2.27. The molecule has 2 aliphatic rings. The summed E-state index contributed by atoms with van der Waals surface area (Å²) in [5, 5.41) is 3.02. The normalized spacial score (nSPS) is 22.3. The number of nitrogens with one attached hydrogen (secondary N) is 1. The number of rotatable bonds is 7. The number of carbonyl (C=O) groups is 1. The highest BCUT2D eigenvalue weighted by Gasteiger charge is 2.34. The van der Waals surface area contributed by atoms with Crippen LogP contribution in [0.15, 0.2) is 12.3 Å². The topological polar surface area (TPSA) is 142 Å². The van der Waals surface area contributed by atoms with E-state index >= 15 is 4.39 Å². The van der Waals surface area contributed by atoms with Crippen LogP contribution < -0.4 is 21.7 Å². The van der Waals surface area contributed by atoms with Crippen LogP contribution in [0, 0.1) is 12.7 Å². The van der Waals surface area contributed by atoms with Crippen LogP contribution in [0.1, 0.15) is 40.0 Å². The SMILES string of the molecule is COCC(C)OC1CN(c2cc(F)c3c(n2)CCC(NC(=O)c2sc4nc(C)cnc4c2N)C3)CC1N. The van der Waals surface area contributed by atoms with Gasteiger partial charge in [0.2, 0.25) is 0 Å². The van der Waals surface area contributed by atoms with E-state index in [9.17, 15) is 4.79 Å². The summed E-state index contributed by atoms with van der Waals surface area (Å²) in [7, 11) is 1.63. The summed E-state index contributed by atoms with van der Waals surface area (Å²) < 4.78 is 26.4. The van der Waals surface area contributed by atoms with E-state index in [0.717, 1.165) is 11.4 Å². The molecule has 4 atom stereocenters. The van der Waals surface area contributed by atoms with Gasteiger partial charge < -0.3 is 31.2 Å². The van der Waals surface area contributed by atoms with Gasteiger partial charge in [0.05, 0.1) is 36.2 Å². The van der Waals surface area contributed by atoms with E-state index in [1.807, 2.05) is 18.7 Å². The Morgan fingerprint density at radius 1 is 1.38 bits per heavy atom. The van der Waals surface area contributed by atoms with Crippen LogP contribution in [-0.4, -0.2) is 72.0 Å². The number of fused-ring (bicyclic) bond motifs is 2. The number of hydrogen-bond donors (Lipinski definition) is 3. The van der Waals surface area contributed by atoms with Crippen molar-refractivity contribution in [1.82, 2.24) is 20.3 Å². The highest BCUT2D eigenvalue weighted by molar-refractivity contribution is 7.21. The minimum absolute atomic E-state index is 0.0825. The Hall–Kier alpha value is -2.93. The lowest BCUT2D eigenvalue weighted by atomic mass is 9.91. The third-order valence-electron chi connectivity index (χ3n) is 6.86. The summed E-state index contributed by atoms with van der Waals surface area (Å²) in [6, 6.07) is 1.03. The number of nitrogens with zero attached hydrogens (tertiary/aromatic N) is 4. The van der Waals surface area contributed by atoms with Crippen LogP contribution in [-0.2, 0) is 22.3 Å². The Kier molecular flexibility index (Phi) is 7.26. The number of pyridine rings is 1. The summed E-state index contributed by atoms with van der Waals surface area (Å²) in [6.45, 7) is 5.33. The molecule has 198 valence electrons. The zero-order chi connectivity index (χ0) is 26.3. The van der Waals surface area contributed by atoms with Gasteiger partial charge in [-0.1, -0.05) is 0 Å². The number of aromatic nitrogens is 3. The summed E-state index contributed by atoms with van der Waals surface area (Å²) in [5.74, 6) is -0.0545. The van der Waals surface area contributed by atoms with E-state index in [1.165, 1.54) is 17.4 Å². The Balaban J connectivity index is 1.26. The fourth-order valence-corrected chi connectivity index (χ4v) is 6.04. The van der Waals surface area contributed by atoms with E-state index < -0.39 is 0 Å². The standard InChI is InChI=1S/C25H32FN7O3S/c1-12-8-29-22-21(28)23(37-25(22)30-12)24(34)31-14-4-5-18-15(6-14)16(26)7-20(32-18)33-9-17(27)19(10-33)36-13(2)11-35-3/h7-8,13-14,17,19H,4-6,9-11,27-28H2,1-3H3,(H,31,34). The molecule has 0 radical (unpaired) electrons. The summed E-state index contributed by atoms with van der Waals surface area (Å²) in [5.41, 5.74) is 15.3. The fraction of sp³-hybridized carbons (Fsp3) is 0.520. The van der Waals surface area contributed by atoms with Crippen molar-refractivity contribution in [3.63, 3.8) is 0 Å². The second kappa shape index (κ2) is 10.4. The van der Waals surface area contributed by atoms with Gasteiger partial charge in [-0.05, 0) is 33.1 Å². The van der Waals surface area contributed by atoms with Crippen molar-refractivity contribution in [1.29, 1.82) is 0 Å². The maximum absolute atomic E-state index is 15.3. The second-order valence-electron chi connectivity index (χ2n) is 9.82. The number of thiophene rings is 1. The van der Waals surface area contributed by atoms with Gasteiger partial charge in [-0.2, -0.15) is 0 Å². The molecule has 5 rings (SSSR count). The lowest BCUT2D eigenvalue weighted by molar-refractivity contribution is -0.0348. The zero-order valence-corrected chi connectivity index (χ0v) is 22.0.